The van der Waals surface area contributed by atoms with Crippen molar-refractivity contribution >= 4 is 0 Å². The number of benzene rings is 1. The third kappa shape index (κ3) is 5.70. The minimum absolute atomic E-state index is 0.294. The van der Waals surface area contributed by atoms with Crippen LogP contribution in [0.15, 0.2) is 18.2 Å². The number of nitrogens with zero attached hydrogens (tertiary/aromatic N) is 1. The molecule has 1 aromatic rings. The van der Waals surface area contributed by atoms with Gasteiger partial charge in [0.2, 0.25) is 0 Å². The summed E-state index contributed by atoms with van der Waals surface area (Å²) in [5, 5.41) is 9.37. The van der Waals surface area contributed by atoms with Crippen LogP contribution in [0.5, 0.6) is 11.5 Å². The minimum Gasteiger partial charge on any atom is -0.493 e. The number of methoxy groups -OCH3 is 1. The molecule has 0 aromatic heterocycles. The predicted octanol–water partition coefficient (Wildman–Crippen LogP) is 3.32. The summed E-state index contributed by atoms with van der Waals surface area (Å²) in [6.07, 6.45) is 3.34. The van der Waals surface area contributed by atoms with Crippen molar-refractivity contribution in [2.45, 2.75) is 39.7 Å². The Labute approximate surface area is 140 Å². The number of likely N-dealkylation sites (tertiary alicyclic amines) is 1. The number of ether oxygens (including phenoxy) is 2. The van der Waals surface area contributed by atoms with Gasteiger partial charge < -0.3 is 14.6 Å². The van der Waals surface area contributed by atoms with E-state index in [0.29, 0.717) is 25.0 Å². The second kappa shape index (κ2) is 9.14. The maximum absolute atomic E-state index is 9.37. The lowest BCUT2D eigenvalue weighted by Crippen LogP contribution is -2.36. The van der Waals surface area contributed by atoms with E-state index in [0.717, 1.165) is 44.0 Å². The number of aliphatic hydroxyl groups is 1. The third-order valence-corrected chi connectivity index (χ3v) is 4.45. The van der Waals surface area contributed by atoms with Crippen molar-refractivity contribution in [3.05, 3.63) is 23.8 Å². The van der Waals surface area contributed by atoms with Crippen LogP contribution in [0, 0.1) is 11.8 Å². The number of hydrogen-bond donors (Lipinski definition) is 1. The first-order valence-corrected chi connectivity index (χ1v) is 8.75. The van der Waals surface area contributed by atoms with Crippen molar-refractivity contribution in [3.63, 3.8) is 0 Å². The zero-order valence-electron chi connectivity index (χ0n) is 14.8. The van der Waals surface area contributed by atoms with E-state index < -0.39 is 0 Å². The van der Waals surface area contributed by atoms with E-state index in [2.05, 4.69) is 30.9 Å². The Bertz CT molecular complexity index is 476. The fourth-order valence-electron chi connectivity index (χ4n) is 3.04. The van der Waals surface area contributed by atoms with Gasteiger partial charge in [0.05, 0.1) is 13.7 Å². The first kappa shape index (κ1) is 18.1. The molecule has 0 spiro atoms. The second-order valence-electron chi connectivity index (χ2n) is 6.94. The smallest absolute Gasteiger partial charge is 0.161 e. The molecule has 0 saturated carbocycles. The fraction of sp³-hybridized carbons (Fsp3) is 0.684. The maximum Gasteiger partial charge on any atom is 0.161 e. The van der Waals surface area contributed by atoms with E-state index in [-0.39, 0.29) is 0 Å². The molecule has 0 bridgehead atoms. The molecule has 1 saturated heterocycles. The highest BCUT2D eigenvalue weighted by atomic mass is 16.5. The standard InChI is InChI=1S/C19H31NO3/c1-15(2)8-10-23-19-11-16(6-7-18(19)22-3)12-20-9-4-5-17(13-20)14-21/h6-7,11,15,17,21H,4-5,8-10,12-14H2,1-3H3. The molecule has 1 fully saturated rings. The normalized spacial score (nSPS) is 19.1. The Morgan fingerprint density at radius 1 is 1.30 bits per heavy atom. The highest BCUT2D eigenvalue weighted by Gasteiger charge is 2.19. The molecule has 2 rings (SSSR count). The monoisotopic (exact) mass is 321 g/mol. The van der Waals surface area contributed by atoms with Gasteiger partial charge in [0, 0.05) is 19.7 Å². The summed E-state index contributed by atoms with van der Waals surface area (Å²) in [5.41, 5.74) is 1.24. The lowest BCUT2D eigenvalue weighted by atomic mass is 9.98. The van der Waals surface area contributed by atoms with Crippen molar-refractivity contribution in [1.82, 2.24) is 4.90 Å². The van der Waals surface area contributed by atoms with E-state index in [1.807, 2.05) is 6.07 Å². The van der Waals surface area contributed by atoms with Gasteiger partial charge in [-0.05, 0) is 55.3 Å². The SMILES string of the molecule is COc1ccc(CN2CCCC(CO)C2)cc1OCCC(C)C. The zero-order valence-corrected chi connectivity index (χ0v) is 14.8. The Balaban J connectivity index is 1.98. The van der Waals surface area contributed by atoms with E-state index in [4.69, 9.17) is 9.47 Å². The fourth-order valence-corrected chi connectivity index (χ4v) is 3.04. The molecule has 1 unspecified atom stereocenters. The molecule has 0 radical (unpaired) electrons. The molecular weight excluding hydrogens is 290 g/mol. The summed E-state index contributed by atoms with van der Waals surface area (Å²) in [6, 6.07) is 6.20. The topological polar surface area (TPSA) is 41.9 Å². The van der Waals surface area contributed by atoms with Gasteiger partial charge in [-0.3, -0.25) is 4.90 Å². The Morgan fingerprint density at radius 3 is 2.83 bits per heavy atom. The summed E-state index contributed by atoms with van der Waals surface area (Å²) in [7, 11) is 1.68. The molecule has 1 aliphatic heterocycles. The van der Waals surface area contributed by atoms with Crippen LogP contribution >= 0.6 is 0 Å². The second-order valence-corrected chi connectivity index (χ2v) is 6.94. The van der Waals surface area contributed by atoms with Gasteiger partial charge in [-0.1, -0.05) is 19.9 Å². The summed E-state index contributed by atoms with van der Waals surface area (Å²) >= 11 is 0. The number of rotatable bonds is 8. The molecule has 4 heteroatoms. The van der Waals surface area contributed by atoms with E-state index in [1.165, 1.54) is 12.0 Å². The first-order chi connectivity index (χ1) is 11.1. The van der Waals surface area contributed by atoms with Gasteiger partial charge in [0.15, 0.2) is 11.5 Å². The van der Waals surface area contributed by atoms with Crippen LogP contribution in [-0.2, 0) is 6.54 Å². The van der Waals surface area contributed by atoms with Gasteiger partial charge >= 0.3 is 0 Å². The Morgan fingerprint density at radius 2 is 2.13 bits per heavy atom. The van der Waals surface area contributed by atoms with E-state index in [1.54, 1.807) is 7.11 Å². The minimum atomic E-state index is 0.294. The highest BCUT2D eigenvalue weighted by molar-refractivity contribution is 5.43. The number of piperidine rings is 1. The average Bonchev–Trinajstić information content (AvgIpc) is 2.55. The molecule has 130 valence electrons. The molecule has 0 aliphatic carbocycles. The molecule has 23 heavy (non-hydrogen) atoms. The summed E-state index contributed by atoms with van der Waals surface area (Å²) < 4.78 is 11.3. The number of hydrogen-bond acceptors (Lipinski definition) is 4. The molecule has 1 atom stereocenters. The van der Waals surface area contributed by atoms with Crippen molar-refractivity contribution in [1.29, 1.82) is 0 Å². The molecule has 0 amide bonds. The maximum atomic E-state index is 9.37. The predicted molar refractivity (Wildman–Crippen MR) is 93.0 cm³/mol. The highest BCUT2D eigenvalue weighted by Crippen LogP contribution is 2.29. The lowest BCUT2D eigenvalue weighted by Gasteiger charge is -2.31. The Hall–Kier alpha value is -1.26. The van der Waals surface area contributed by atoms with Gasteiger partial charge in [0.25, 0.3) is 0 Å². The third-order valence-electron chi connectivity index (χ3n) is 4.45. The van der Waals surface area contributed by atoms with Gasteiger partial charge in [-0.25, -0.2) is 0 Å². The van der Waals surface area contributed by atoms with E-state index >= 15 is 0 Å². The molecule has 1 aromatic carbocycles. The van der Waals surface area contributed by atoms with Crippen molar-refractivity contribution < 1.29 is 14.6 Å². The number of aliphatic hydroxyl groups excluding tert-OH is 1. The average molecular weight is 321 g/mol. The van der Waals surface area contributed by atoms with Crippen molar-refractivity contribution in [2.75, 3.05) is 33.4 Å². The zero-order chi connectivity index (χ0) is 16.7. The van der Waals surface area contributed by atoms with Crippen LogP contribution < -0.4 is 9.47 Å². The summed E-state index contributed by atoms with van der Waals surface area (Å²) in [4.78, 5) is 2.42. The van der Waals surface area contributed by atoms with Crippen LogP contribution in [-0.4, -0.2) is 43.4 Å². The van der Waals surface area contributed by atoms with Crippen molar-refractivity contribution in [3.8, 4) is 11.5 Å². The summed E-state index contributed by atoms with van der Waals surface area (Å²) in [6.45, 7) is 8.39. The van der Waals surface area contributed by atoms with Crippen LogP contribution in [0.4, 0.5) is 0 Å². The molecule has 1 aliphatic rings. The first-order valence-electron chi connectivity index (χ1n) is 8.75. The summed E-state index contributed by atoms with van der Waals surface area (Å²) in [5.74, 6) is 2.68. The van der Waals surface area contributed by atoms with Crippen LogP contribution in [0.2, 0.25) is 0 Å². The molecule has 4 nitrogen and oxygen atoms in total. The van der Waals surface area contributed by atoms with Crippen LogP contribution in [0.25, 0.3) is 0 Å². The van der Waals surface area contributed by atoms with Crippen molar-refractivity contribution in [2.24, 2.45) is 11.8 Å². The van der Waals surface area contributed by atoms with E-state index in [9.17, 15) is 5.11 Å². The molecular formula is C19H31NO3. The largest absolute Gasteiger partial charge is 0.493 e. The van der Waals surface area contributed by atoms with Crippen LogP contribution in [0.1, 0.15) is 38.7 Å². The molecule has 1 N–H and O–H groups in total. The lowest BCUT2D eigenvalue weighted by molar-refractivity contribution is 0.116. The van der Waals surface area contributed by atoms with Gasteiger partial charge in [-0.2, -0.15) is 0 Å². The van der Waals surface area contributed by atoms with Gasteiger partial charge in [0.1, 0.15) is 0 Å². The Kier molecular flexibility index (Phi) is 7.18. The van der Waals surface area contributed by atoms with Crippen LogP contribution in [0.3, 0.4) is 0 Å². The van der Waals surface area contributed by atoms with Gasteiger partial charge in [-0.15, -0.1) is 0 Å². The quantitative estimate of drug-likeness (QED) is 0.797. The molecule has 1 heterocycles.